The van der Waals surface area contributed by atoms with Gasteiger partial charge in [-0.25, -0.2) is 4.98 Å². The zero-order chi connectivity index (χ0) is 11.8. The second-order valence-electron chi connectivity index (χ2n) is 4.92. The third kappa shape index (κ3) is 1.77. The second kappa shape index (κ2) is 4.02. The lowest BCUT2D eigenvalue weighted by Gasteiger charge is -2.17. The van der Waals surface area contributed by atoms with Crippen LogP contribution in [0.2, 0.25) is 0 Å². The van der Waals surface area contributed by atoms with Gasteiger partial charge >= 0.3 is 0 Å². The van der Waals surface area contributed by atoms with Crippen molar-refractivity contribution in [2.24, 2.45) is 5.92 Å². The van der Waals surface area contributed by atoms with Gasteiger partial charge in [0.2, 0.25) is 5.88 Å². The Morgan fingerprint density at radius 1 is 1.41 bits per heavy atom. The summed E-state index contributed by atoms with van der Waals surface area (Å²) in [6, 6.07) is 1.91. The van der Waals surface area contributed by atoms with E-state index in [0.717, 1.165) is 28.9 Å². The maximum Gasteiger partial charge on any atom is 0.225 e. The minimum Gasteiger partial charge on any atom is -0.474 e. The van der Waals surface area contributed by atoms with Crippen LogP contribution < -0.4 is 4.74 Å². The third-order valence-corrected chi connectivity index (χ3v) is 3.66. The molecule has 0 amide bonds. The SMILES string of the molecule is Cc1[nH]nc2ccnc(O[C@@H]3CCC[C@@H]3C)c12. The zero-order valence-electron chi connectivity index (χ0n) is 10.2. The number of hydrogen-bond donors (Lipinski definition) is 1. The van der Waals surface area contributed by atoms with E-state index in [9.17, 15) is 0 Å². The van der Waals surface area contributed by atoms with Crippen LogP contribution in [0.25, 0.3) is 10.9 Å². The van der Waals surface area contributed by atoms with E-state index in [1.165, 1.54) is 12.8 Å². The number of aryl methyl sites for hydroxylation is 1. The zero-order valence-corrected chi connectivity index (χ0v) is 10.2. The van der Waals surface area contributed by atoms with E-state index in [0.29, 0.717) is 12.0 Å². The van der Waals surface area contributed by atoms with Crippen LogP contribution in [-0.4, -0.2) is 21.3 Å². The van der Waals surface area contributed by atoms with E-state index in [1.807, 2.05) is 13.0 Å². The molecule has 0 aliphatic heterocycles. The molecular weight excluding hydrogens is 214 g/mol. The Bertz CT molecular complexity index is 534. The van der Waals surface area contributed by atoms with Crippen molar-refractivity contribution >= 4 is 10.9 Å². The van der Waals surface area contributed by atoms with Crippen molar-refractivity contribution in [3.05, 3.63) is 18.0 Å². The molecule has 2 atom stereocenters. The van der Waals surface area contributed by atoms with Crippen molar-refractivity contribution in [3.8, 4) is 5.88 Å². The topological polar surface area (TPSA) is 50.8 Å². The van der Waals surface area contributed by atoms with Gasteiger partial charge in [-0.05, 0) is 38.2 Å². The largest absolute Gasteiger partial charge is 0.474 e. The van der Waals surface area contributed by atoms with Gasteiger partial charge in [0, 0.05) is 11.9 Å². The van der Waals surface area contributed by atoms with Crippen molar-refractivity contribution in [1.82, 2.24) is 15.2 Å². The van der Waals surface area contributed by atoms with E-state index in [4.69, 9.17) is 4.74 Å². The molecule has 4 heteroatoms. The molecule has 0 bridgehead atoms. The van der Waals surface area contributed by atoms with Crippen molar-refractivity contribution < 1.29 is 4.74 Å². The van der Waals surface area contributed by atoms with Crippen LogP contribution in [0.3, 0.4) is 0 Å². The maximum atomic E-state index is 6.07. The summed E-state index contributed by atoms with van der Waals surface area (Å²) in [7, 11) is 0. The number of rotatable bonds is 2. The molecule has 1 saturated carbocycles. The van der Waals surface area contributed by atoms with Crippen molar-refractivity contribution in [3.63, 3.8) is 0 Å². The average molecular weight is 231 g/mol. The molecule has 1 N–H and O–H groups in total. The molecule has 4 nitrogen and oxygen atoms in total. The third-order valence-electron chi connectivity index (χ3n) is 3.66. The summed E-state index contributed by atoms with van der Waals surface area (Å²) in [6.07, 6.45) is 5.72. The number of pyridine rings is 1. The molecule has 3 rings (SSSR count). The van der Waals surface area contributed by atoms with Gasteiger partial charge in [-0.15, -0.1) is 0 Å². The molecule has 2 aromatic rings. The lowest BCUT2D eigenvalue weighted by molar-refractivity contribution is 0.163. The molecule has 2 aromatic heterocycles. The van der Waals surface area contributed by atoms with Gasteiger partial charge in [0.25, 0.3) is 0 Å². The van der Waals surface area contributed by atoms with Crippen LogP contribution in [0, 0.1) is 12.8 Å². The lowest BCUT2D eigenvalue weighted by Crippen LogP contribution is -2.19. The summed E-state index contributed by atoms with van der Waals surface area (Å²) >= 11 is 0. The van der Waals surface area contributed by atoms with Crippen LogP contribution in [0.5, 0.6) is 5.88 Å². The van der Waals surface area contributed by atoms with Gasteiger partial charge in [0.15, 0.2) is 0 Å². The summed E-state index contributed by atoms with van der Waals surface area (Å²) in [5.74, 6) is 1.35. The highest BCUT2D eigenvalue weighted by atomic mass is 16.5. The first kappa shape index (κ1) is 10.6. The normalized spacial score (nSPS) is 24.4. The maximum absolute atomic E-state index is 6.07. The fraction of sp³-hybridized carbons (Fsp3) is 0.538. The summed E-state index contributed by atoms with van der Waals surface area (Å²) in [5.41, 5.74) is 1.95. The Morgan fingerprint density at radius 2 is 2.29 bits per heavy atom. The van der Waals surface area contributed by atoms with Crippen LogP contribution in [0.1, 0.15) is 31.9 Å². The predicted molar refractivity (Wildman–Crippen MR) is 66.1 cm³/mol. The number of fused-ring (bicyclic) bond motifs is 1. The molecule has 0 radical (unpaired) electrons. The predicted octanol–water partition coefficient (Wildman–Crippen LogP) is 2.83. The van der Waals surface area contributed by atoms with Crippen molar-refractivity contribution in [2.45, 2.75) is 39.2 Å². The number of hydrogen-bond acceptors (Lipinski definition) is 3. The Kier molecular flexibility index (Phi) is 2.50. The second-order valence-corrected chi connectivity index (χ2v) is 4.92. The molecule has 0 saturated heterocycles. The first-order valence-corrected chi connectivity index (χ1v) is 6.22. The van der Waals surface area contributed by atoms with Gasteiger partial charge in [-0.3, -0.25) is 5.10 Å². The van der Waals surface area contributed by atoms with Crippen LogP contribution in [0.4, 0.5) is 0 Å². The average Bonchev–Trinajstić information content (AvgIpc) is 2.88. The highest BCUT2D eigenvalue weighted by Gasteiger charge is 2.26. The standard InChI is InChI=1S/C13H17N3O/c1-8-4-3-5-11(8)17-13-12-9(2)15-16-10(12)6-7-14-13/h6-8,11H,3-5H2,1-2H3,(H,15,16)/t8-,11+/m0/s1. The van der Waals surface area contributed by atoms with E-state index >= 15 is 0 Å². The molecule has 1 fully saturated rings. The van der Waals surface area contributed by atoms with E-state index < -0.39 is 0 Å². The van der Waals surface area contributed by atoms with Gasteiger partial charge < -0.3 is 4.74 Å². The molecule has 0 spiro atoms. The first-order chi connectivity index (χ1) is 8.25. The number of aromatic nitrogens is 3. The number of aromatic amines is 1. The highest BCUT2D eigenvalue weighted by molar-refractivity contribution is 5.85. The van der Waals surface area contributed by atoms with Crippen LogP contribution >= 0.6 is 0 Å². The number of nitrogens with zero attached hydrogens (tertiary/aromatic N) is 2. The smallest absolute Gasteiger partial charge is 0.225 e. The van der Waals surface area contributed by atoms with Crippen LogP contribution in [-0.2, 0) is 0 Å². The highest BCUT2D eigenvalue weighted by Crippen LogP contribution is 2.32. The molecule has 0 aromatic carbocycles. The van der Waals surface area contributed by atoms with Gasteiger partial charge in [0.1, 0.15) is 6.10 Å². The fourth-order valence-electron chi connectivity index (χ4n) is 2.60. The van der Waals surface area contributed by atoms with E-state index in [-0.39, 0.29) is 0 Å². The number of H-pyrrole nitrogens is 1. The Hall–Kier alpha value is -1.58. The summed E-state index contributed by atoms with van der Waals surface area (Å²) in [6.45, 7) is 4.25. The van der Waals surface area contributed by atoms with Gasteiger partial charge in [-0.1, -0.05) is 6.92 Å². The van der Waals surface area contributed by atoms with E-state index in [1.54, 1.807) is 6.20 Å². The van der Waals surface area contributed by atoms with Crippen molar-refractivity contribution in [2.75, 3.05) is 0 Å². The fourth-order valence-corrected chi connectivity index (χ4v) is 2.60. The molecule has 17 heavy (non-hydrogen) atoms. The number of nitrogens with one attached hydrogen (secondary N) is 1. The van der Waals surface area contributed by atoms with Gasteiger partial charge in [-0.2, -0.15) is 5.10 Å². The summed E-state index contributed by atoms with van der Waals surface area (Å²) in [5, 5.41) is 8.23. The Morgan fingerprint density at radius 3 is 3.06 bits per heavy atom. The molecule has 90 valence electrons. The molecular formula is C13H17N3O. The van der Waals surface area contributed by atoms with Gasteiger partial charge in [0.05, 0.1) is 10.9 Å². The van der Waals surface area contributed by atoms with Crippen LogP contribution in [0.15, 0.2) is 12.3 Å². The lowest BCUT2D eigenvalue weighted by atomic mass is 10.1. The molecule has 1 aliphatic carbocycles. The Balaban J connectivity index is 1.97. The van der Waals surface area contributed by atoms with Crippen molar-refractivity contribution in [1.29, 1.82) is 0 Å². The Labute approximate surface area is 100 Å². The minimum atomic E-state index is 0.308. The minimum absolute atomic E-state index is 0.308. The molecule has 2 heterocycles. The monoisotopic (exact) mass is 231 g/mol. The molecule has 1 aliphatic rings. The number of ether oxygens (including phenoxy) is 1. The summed E-state index contributed by atoms with van der Waals surface area (Å²) < 4.78 is 6.07. The quantitative estimate of drug-likeness (QED) is 0.864. The molecule has 0 unspecified atom stereocenters. The summed E-state index contributed by atoms with van der Waals surface area (Å²) in [4.78, 5) is 4.36. The first-order valence-electron chi connectivity index (χ1n) is 6.22. The van der Waals surface area contributed by atoms with E-state index in [2.05, 4.69) is 22.1 Å².